The fourth-order valence-corrected chi connectivity index (χ4v) is 2.90. The number of hydrogen-bond donors (Lipinski definition) is 4. The Morgan fingerprint density at radius 2 is 1.66 bits per heavy atom. The number of carboxylic acid groups (broad SMARTS) is 1. The molecule has 0 aliphatic rings. The highest BCUT2D eigenvalue weighted by atomic mass is 16.5. The van der Waals surface area contributed by atoms with Crippen LogP contribution in [0.3, 0.4) is 0 Å². The minimum absolute atomic E-state index is 0.165. The number of hydrogen-bond acceptors (Lipinski definition) is 6. The average molecular weight is 474 g/mol. The molecule has 35 heavy (non-hydrogen) atoms. The van der Waals surface area contributed by atoms with Crippen LogP contribution in [0.25, 0.3) is 0 Å². The highest BCUT2D eigenvalue weighted by molar-refractivity contribution is 6.40. The van der Waals surface area contributed by atoms with E-state index >= 15 is 0 Å². The summed E-state index contributed by atoms with van der Waals surface area (Å²) < 4.78 is 5.02. The van der Waals surface area contributed by atoms with Crippen molar-refractivity contribution >= 4 is 41.3 Å². The monoisotopic (exact) mass is 474 g/mol. The van der Waals surface area contributed by atoms with Gasteiger partial charge in [0.05, 0.1) is 17.5 Å². The molecule has 0 aromatic heterocycles. The normalized spacial score (nSPS) is 10.4. The van der Waals surface area contributed by atoms with Crippen LogP contribution in [0.1, 0.15) is 21.5 Å². The van der Waals surface area contributed by atoms with Crippen molar-refractivity contribution in [2.45, 2.75) is 6.92 Å². The quantitative estimate of drug-likeness (QED) is 0.224. The Morgan fingerprint density at radius 1 is 0.914 bits per heavy atom. The second-order valence-corrected chi connectivity index (χ2v) is 7.27. The van der Waals surface area contributed by atoms with Crippen LogP contribution in [-0.2, 0) is 14.4 Å². The number of rotatable bonds is 8. The lowest BCUT2D eigenvalue weighted by Gasteiger charge is -2.11. The fraction of sp³-hybridized carbons (Fsp3) is 0.0800. The van der Waals surface area contributed by atoms with Crippen LogP contribution in [0, 0.1) is 6.92 Å². The summed E-state index contributed by atoms with van der Waals surface area (Å²) in [5.74, 6) is -3.21. The van der Waals surface area contributed by atoms with Crippen molar-refractivity contribution in [3.63, 3.8) is 0 Å². The number of nitrogens with one attached hydrogen (secondary N) is 3. The Labute approximate surface area is 200 Å². The number of carboxylic acids is 1. The third-order valence-electron chi connectivity index (χ3n) is 4.52. The summed E-state index contributed by atoms with van der Waals surface area (Å²) in [6.07, 6.45) is 1.30. The zero-order valence-corrected chi connectivity index (χ0v) is 18.6. The van der Waals surface area contributed by atoms with Crippen molar-refractivity contribution in [1.82, 2.24) is 5.43 Å². The maximum Gasteiger partial charge on any atom is 0.341 e. The first-order chi connectivity index (χ1) is 16.8. The number of hydrazone groups is 1. The molecule has 0 atom stereocenters. The molecular formula is C25H22N4O6. The molecule has 0 bridgehead atoms. The number of para-hydroxylation sites is 1. The van der Waals surface area contributed by atoms with Gasteiger partial charge in [0.15, 0.2) is 6.61 Å². The zero-order valence-electron chi connectivity index (χ0n) is 18.6. The SMILES string of the molecule is Cc1cccc(NC(=O)c2ccccc2NC(=O)C(=O)N/N=C\c2ccc(OCC(=O)O)cc2)c1. The predicted octanol–water partition coefficient (Wildman–Crippen LogP) is 2.80. The molecule has 10 heteroatoms. The number of aryl methyl sites for hydroxylation is 1. The highest BCUT2D eigenvalue weighted by Crippen LogP contribution is 2.18. The van der Waals surface area contributed by atoms with Gasteiger partial charge in [-0.3, -0.25) is 14.4 Å². The Morgan fingerprint density at radius 3 is 2.37 bits per heavy atom. The highest BCUT2D eigenvalue weighted by Gasteiger charge is 2.17. The standard InChI is InChI=1S/C25H22N4O6/c1-16-5-4-6-18(13-16)27-23(32)20-7-2-3-8-21(20)28-24(33)25(34)29-26-14-17-9-11-19(12-10-17)35-15-22(30)31/h2-14H,15H2,1H3,(H,27,32)(H,28,33)(H,29,34)(H,30,31)/b26-14-. The van der Waals surface area contributed by atoms with E-state index in [1.165, 1.54) is 30.5 Å². The first-order valence-corrected chi connectivity index (χ1v) is 10.4. The molecule has 4 N–H and O–H groups in total. The molecule has 0 saturated carbocycles. The summed E-state index contributed by atoms with van der Waals surface area (Å²) >= 11 is 0. The van der Waals surface area contributed by atoms with Gasteiger partial charge in [-0.25, -0.2) is 10.2 Å². The van der Waals surface area contributed by atoms with Crippen molar-refractivity contribution in [2.24, 2.45) is 5.10 Å². The number of nitrogens with zero attached hydrogens (tertiary/aromatic N) is 1. The van der Waals surface area contributed by atoms with E-state index in [-0.39, 0.29) is 11.3 Å². The first-order valence-electron chi connectivity index (χ1n) is 10.4. The fourth-order valence-electron chi connectivity index (χ4n) is 2.90. The minimum Gasteiger partial charge on any atom is -0.482 e. The molecular weight excluding hydrogens is 452 g/mol. The third kappa shape index (κ3) is 7.53. The largest absolute Gasteiger partial charge is 0.482 e. The zero-order chi connectivity index (χ0) is 25.2. The van der Waals surface area contributed by atoms with E-state index < -0.39 is 30.3 Å². The molecule has 3 rings (SSSR count). The van der Waals surface area contributed by atoms with Crippen molar-refractivity contribution in [3.05, 3.63) is 89.5 Å². The van der Waals surface area contributed by atoms with Gasteiger partial charge in [0.25, 0.3) is 5.91 Å². The molecule has 3 amide bonds. The maximum atomic E-state index is 12.7. The van der Waals surface area contributed by atoms with E-state index in [1.54, 1.807) is 36.4 Å². The van der Waals surface area contributed by atoms with Gasteiger partial charge >= 0.3 is 17.8 Å². The molecule has 0 saturated heterocycles. The van der Waals surface area contributed by atoms with Gasteiger partial charge in [0, 0.05) is 5.69 Å². The summed E-state index contributed by atoms with van der Waals surface area (Å²) in [5.41, 5.74) is 4.61. The summed E-state index contributed by atoms with van der Waals surface area (Å²) in [6.45, 7) is 1.44. The van der Waals surface area contributed by atoms with Gasteiger partial charge in [0.2, 0.25) is 0 Å². The van der Waals surface area contributed by atoms with E-state index in [4.69, 9.17) is 9.84 Å². The maximum absolute atomic E-state index is 12.7. The average Bonchev–Trinajstić information content (AvgIpc) is 2.83. The lowest BCUT2D eigenvalue weighted by Crippen LogP contribution is -2.33. The van der Waals surface area contributed by atoms with E-state index in [2.05, 4.69) is 21.2 Å². The van der Waals surface area contributed by atoms with E-state index in [0.29, 0.717) is 17.0 Å². The van der Waals surface area contributed by atoms with Gasteiger partial charge in [0.1, 0.15) is 5.75 Å². The van der Waals surface area contributed by atoms with Crippen LogP contribution in [0.15, 0.2) is 77.9 Å². The van der Waals surface area contributed by atoms with Crippen LogP contribution >= 0.6 is 0 Å². The number of benzene rings is 3. The van der Waals surface area contributed by atoms with Crippen LogP contribution in [-0.4, -0.2) is 41.6 Å². The molecule has 0 heterocycles. The molecule has 0 spiro atoms. The lowest BCUT2D eigenvalue weighted by molar-refractivity contribution is -0.139. The summed E-state index contributed by atoms with van der Waals surface area (Å²) in [7, 11) is 0. The van der Waals surface area contributed by atoms with Gasteiger partial charge in [-0.15, -0.1) is 0 Å². The molecule has 3 aromatic rings. The Kier molecular flexibility index (Phi) is 8.28. The number of carbonyl (C=O) groups excluding carboxylic acids is 3. The molecule has 178 valence electrons. The first kappa shape index (κ1) is 24.6. The van der Waals surface area contributed by atoms with E-state index in [9.17, 15) is 19.2 Å². The number of anilines is 2. The van der Waals surface area contributed by atoms with Crippen molar-refractivity contribution in [1.29, 1.82) is 0 Å². The predicted molar refractivity (Wildman–Crippen MR) is 130 cm³/mol. The summed E-state index contributed by atoms with van der Waals surface area (Å²) in [5, 5.41) is 17.5. The number of carbonyl (C=O) groups is 4. The molecule has 0 fully saturated rings. The molecule has 0 aliphatic carbocycles. The number of ether oxygens (including phenoxy) is 1. The Balaban J connectivity index is 1.57. The van der Waals surface area contributed by atoms with Gasteiger partial charge < -0.3 is 20.5 Å². The second-order valence-electron chi connectivity index (χ2n) is 7.27. The number of aliphatic carboxylic acids is 1. The van der Waals surface area contributed by atoms with Crippen molar-refractivity contribution < 1.29 is 29.0 Å². The second kappa shape index (κ2) is 11.8. The molecule has 3 aromatic carbocycles. The summed E-state index contributed by atoms with van der Waals surface area (Å²) in [4.78, 5) is 47.7. The van der Waals surface area contributed by atoms with E-state index in [1.807, 2.05) is 19.1 Å². The molecule has 0 radical (unpaired) electrons. The molecule has 0 unspecified atom stereocenters. The van der Waals surface area contributed by atoms with Crippen LogP contribution in [0.5, 0.6) is 5.75 Å². The summed E-state index contributed by atoms with van der Waals surface area (Å²) in [6, 6.07) is 19.8. The Bertz CT molecular complexity index is 1270. The Hall–Kier alpha value is -4.99. The van der Waals surface area contributed by atoms with E-state index in [0.717, 1.165) is 5.56 Å². The minimum atomic E-state index is -1.09. The molecule has 0 aliphatic heterocycles. The van der Waals surface area contributed by atoms with Crippen molar-refractivity contribution in [2.75, 3.05) is 17.2 Å². The van der Waals surface area contributed by atoms with Gasteiger partial charge in [-0.05, 0) is 66.6 Å². The topological polar surface area (TPSA) is 146 Å². The van der Waals surface area contributed by atoms with Gasteiger partial charge in [-0.1, -0.05) is 24.3 Å². The third-order valence-corrected chi connectivity index (χ3v) is 4.52. The number of amides is 3. The van der Waals surface area contributed by atoms with Crippen LogP contribution < -0.4 is 20.8 Å². The lowest BCUT2D eigenvalue weighted by atomic mass is 10.1. The molecule has 10 nitrogen and oxygen atoms in total. The van der Waals surface area contributed by atoms with Crippen LogP contribution in [0.4, 0.5) is 11.4 Å². The van der Waals surface area contributed by atoms with Crippen LogP contribution in [0.2, 0.25) is 0 Å². The van der Waals surface area contributed by atoms with Crippen molar-refractivity contribution in [3.8, 4) is 5.75 Å². The smallest absolute Gasteiger partial charge is 0.341 e. The van der Waals surface area contributed by atoms with Gasteiger partial charge in [-0.2, -0.15) is 5.10 Å².